The first-order chi connectivity index (χ1) is 9.58. The first-order valence-electron chi connectivity index (χ1n) is 6.30. The maximum atomic E-state index is 12.0. The third kappa shape index (κ3) is 2.52. The molecule has 20 heavy (non-hydrogen) atoms. The average molecular weight is 275 g/mol. The van der Waals surface area contributed by atoms with Gasteiger partial charge in [0, 0.05) is 23.6 Å². The molecule has 0 spiro atoms. The third-order valence-corrected chi connectivity index (χ3v) is 3.39. The highest BCUT2D eigenvalue weighted by Crippen LogP contribution is 2.37. The number of methoxy groups -OCH3 is 2. The van der Waals surface area contributed by atoms with Crippen LogP contribution >= 0.6 is 0 Å². The number of ether oxygens (including phenoxy) is 2. The highest BCUT2D eigenvalue weighted by atomic mass is 16.5. The second-order valence-electron chi connectivity index (χ2n) is 4.58. The molecular formula is C15H17NO4. The van der Waals surface area contributed by atoms with Crippen molar-refractivity contribution >= 4 is 11.9 Å². The van der Waals surface area contributed by atoms with Gasteiger partial charge in [0.25, 0.3) is 0 Å². The summed E-state index contributed by atoms with van der Waals surface area (Å²) in [6, 6.07) is 7.37. The molecule has 0 radical (unpaired) electrons. The van der Waals surface area contributed by atoms with E-state index in [4.69, 9.17) is 9.47 Å². The van der Waals surface area contributed by atoms with E-state index < -0.39 is 5.97 Å². The zero-order chi connectivity index (χ0) is 14.7. The lowest BCUT2D eigenvalue weighted by molar-refractivity contribution is -0.136. The van der Waals surface area contributed by atoms with Crippen molar-refractivity contribution in [1.82, 2.24) is 5.32 Å². The van der Waals surface area contributed by atoms with E-state index in [1.807, 2.05) is 24.3 Å². The monoisotopic (exact) mass is 275 g/mol. The fraction of sp³-hybridized carbons (Fsp3) is 0.333. The number of carbonyl (C=O) groups excluding carboxylic acids is 2. The van der Waals surface area contributed by atoms with Gasteiger partial charge in [-0.05, 0) is 13.0 Å². The van der Waals surface area contributed by atoms with Gasteiger partial charge in [-0.2, -0.15) is 0 Å². The van der Waals surface area contributed by atoms with E-state index in [1.165, 1.54) is 7.11 Å². The molecule has 1 aromatic carbocycles. The van der Waals surface area contributed by atoms with Gasteiger partial charge in [-0.1, -0.05) is 18.2 Å². The van der Waals surface area contributed by atoms with Crippen molar-refractivity contribution in [1.29, 1.82) is 0 Å². The van der Waals surface area contributed by atoms with Crippen molar-refractivity contribution in [2.24, 2.45) is 0 Å². The molecule has 5 heteroatoms. The van der Waals surface area contributed by atoms with Crippen LogP contribution in [0.25, 0.3) is 0 Å². The highest BCUT2D eigenvalue weighted by Gasteiger charge is 2.33. The summed E-state index contributed by atoms with van der Waals surface area (Å²) >= 11 is 0. The Morgan fingerprint density at radius 1 is 1.30 bits per heavy atom. The Morgan fingerprint density at radius 2 is 2.00 bits per heavy atom. The van der Waals surface area contributed by atoms with Crippen LogP contribution in [0.3, 0.4) is 0 Å². The van der Waals surface area contributed by atoms with Crippen LogP contribution in [0, 0.1) is 0 Å². The van der Waals surface area contributed by atoms with Crippen molar-refractivity contribution in [2.75, 3.05) is 14.2 Å². The summed E-state index contributed by atoms with van der Waals surface area (Å²) in [6.07, 6.45) is 0.197. The van der Waals surface area contributed by atoms with Crippen molar-refractivity contribution in [3.05, 3.63) is 41.1 Å². The van der Waals surface area contributed by atoms with Crippen molar-refractivity contribution in [2.45, 2.75) is 19.3 Å². The molecule has 5 nitrogen and oxygen atoms in total. The van der Waals surface area contributed by atoms with Gasteiger partial charge in [0.1, 0.15) is 5.75 Å². The van der Waals surface area contributed by atoms with E-state index >= 15 is 0 Å². The number of esters is 1. The first kappa shape index (κ1) is 14.1. The molecule has 0 unspecified atom stereocenters. The number of carbonyl (C=O) groups is 2. The van der Waals surface area contributed by atoms with Gasteiger partial charge < -0.3 is 14.8 Å². The molecule has 1 amide bonds. The first-order valence-corrected chi connectivity index (χ1v) is 6.30. The van der Waals surface area contributed by atoms with E-state index in [1.54, 1.807) is 14.0 Å². The average Bonchev–Trinajstić information content (AvgIpc) is 2.45. The number of benzene rings is 1. The number of hydrogen-bond donors (Lipinski definition) is 1. The van der Waals surface area contributed by atoms with Crippen molar-refractivity contribution in [3.8, 4) is 5.75 Å². The molecule has 0 fully saturated rings. The molecule has 1 atom stereocenters. The third-order valence-electron chi connectivity index (χ3n) is 3.39. The summed E-state index contributed by atoms with van der Waals surface area (Å²) in [5.74, 6) is -0.252. The van der Waals surface area contributed by atoms with E-state index in [2.05, 4.69) is 5.32 Å². The van der Waals surface area contributed by atoms with Gasteiger partial charge in [-0.3, -0.25) is 4.79 Å². The zero-order valence-corrected chi connectivity index (χ0v) is 11.7. The van der Waals surface area contributed by atoms with Gasteiger partial charge in [-0.15, -0.1) is 0 Å². The van der Waals surface area contributed by atoms with Gasteiger partial charge in [0.2, 0.25) is 5.91 Å². The second kappa shape index (κ2) is 5.77. The minimum absolute atomic E-state index is 0.119. The van der Waals surface area contributed by atoms with Crippen molar-refractivity contribution in [3.63, 3.8) is 0 Å². The Balaban J connectivity index is 2.54. The fourth-order valence-electron chi connectivity index (χ4n) is 2.50. The van der Waals surface area contributed by atoms with Gasteiger partial charge in [0.15, 0.2) is 0 Å². The van der Waals surface area contributed by atoms with Gasteiger partial charge in [-0.25, -0.2) is 4.79 Å². The van der Waals surface area contributed by atoms with Crippen LogP contribution < -0.4 is 10.1 Å². The molecule has 0 aliphatic carbocycles. The molecule has 0 saturated carbocycles. The zero-order valence-electron chi connectivity index (χ0n) is 11.7. The normalized spacial score (nSPS) is 18.6. The Morgan fingerprint density at radius 3 is 2.65 bits per heavy atom. The number of allylic oxidation sites excluding steroid dienone is 1. The van der Waals surface area contributed by atoms with E-state index in [9.17, 15) is 9.59 Å². The number of hydrogen-bond acceptors (Lipinski definition) is 4. The van der Waals surface area contributed by atoms with Crippen LogP contribution in [0.1, 0.15) is 24.8 Å². The topological polar surface area (TPSA) is 64.6 Å². The smallest absolute Gasteiger partial charge is 0.336 e. The number of nitrogens with one attached hydrogen (secondary N) is 1. The van der Waals surface area contributed by atoms with Gasteiger partial charge >= 0.3 is 5.97 Å². The minimum Gasteiger partial charge on any atom is -0.496 e. The SMILES string of the molecule is COC(=O)C1=C(C)NC(=O)C[C@@H]1c1ccccc1OC. The molecule has 0 aromatic heterocycles. The fourth-order valence-corrected chi connectivity index (χ4v) is 2.50. The molecule has 0 saturated heterocycles. The Bertz CT molecular complexity index is 577. The summed E-state index contributed by atoms with van der Waals surface area (Å²) in [5.41, 5.74) is 1.81. The molecule has 1 aromatic rings. The molecule has 1 aliphatic rings. The molecule has 2 rings (SSSR count). The number of amides is 1. The quantitative estimate of drug-likeness (QED) is 0.853. The largest absolute Gasteiger partial charge is 0.496 e. The minimum atomic E-state index is -0.432. The molecule has 106 valence electrons. The molecule has 1 N–H and O–H groups in total. The van der Waals surface area contributed by atoms with Crippen LogP contribution in [-0.4, -0.2) is 26.1 Å². The van der Waals surface area contributed by atoms with Crippen LogP contribution in [0.15, 0.2) is 35.5 Å². The van der Waals surface area contributed by atoms with Crippen LogP contribution in [0.4, 0.5) is 0 Å². The standard InChI is InChI=1S/C15H17NO4/c1-9-14(15(18)20-3)11(8-13(17)16-9)10-6-4-5-7-12(10)19-2/h4-7,11H,8H2,1-3H3,(H,16,17)/t11-/m1/s1. The summed E-state index contributed by atoms with van der Waals surface area (Å²) in [6.45, 7) is 1.70. The summed E-state index contributed by atoms with van der Waals surface area (Å²) in [7, 11) is 2.90. The lowest BCUT2D eigenvalue weighted by Crippen LogP contribution is -2.34. The predicted octanol–water partition coefficient (Wildman–Crippen LogP) is 1.75. The Labute approximate surface area is 117 Å². The Kier molecular flexibility index (Phi) is 4.08. The number of rotatable bonds is 3. The molecule has 0 bridgehead atoms. The highest BCUT2D eigenvalue weighted by molar-refractivity contribution is 5.95. The maximum Gasteiger partial charge on any atom is 0.336 e. The molecule has 1 heterocycles. The predicted molar refractivity (Wildman–Crippen MR) is 73.2 cm³/mol. The van der Waals surface area contributed by atoms with Gasteiger partial charge in [0.05, 0.1) is 19.8 Å². The maximum absolute atomic E-state index is 12.0. The lowest BCUT2D eigenvalue weighted by Gasteiger charge is -2.27. The second-order valence-corrected chi connectivity index (χ2v) is 4.58. The summed E-state index contributed by atoms with van der Waals surface area (Å²) < 4.78 is 10.2. The van der Waals surface area contributed by atoms with Crippen LogP contribution in [0.2, 0.25) is 0 Å². The summed E-state index contributed by atoms with van der Waals surface area (Å²) in [4.78, 5) is 23.8. The van der Waals surface area contributed by atoms with Crippen molar-refractivity contribution < 1.29 is 19.1 Å². The molecule has 1 aliphatic heterocycles. The molecular weight excluding hydrogens is 258 g/mol. The lowest BCUT2D eigenvalue weighted by atomic mass is 9.84. The van der Waals surface area contributed by atoms with E-state index in [0.717, 1.165) is 5.56 Å². The number of para-hydroxylation sites is 1. The van der Waals surface area contributed by atoms with E-state index in [0.29, 0.717) is 17.0 Å². The Hall–Kier alpha value is -2.30. The summed E-state index contributed by atoms with van der Waals surface area (Å²) in [5, 5.41) is 2.68. The van der Waals surface area contributed by atoms with Crippen LogP contribution in [0.5, 0.6) is 5.75 Å². The van der Waals surface area contributed by atoms with E-state index in [-0.39, 0.29) is 18.2 Å². The van der Waals surface area contributed by atoms with Crippen LogP contribution in [-0.2, 0) is 14.3 Å².